The molecule has 0 heterocycles. The van der Waals surface area contributed by atoms with E-state index in [0.29, 0.717) is 17.3 Å². The molecule has 0 saturated carbocycles. The highest BCUT2D eigenvalue weighted by Gasteiger charge is 2.26. The van der Waals surface area contributed by atoms with E-state index in [1.807, 2.05) is 38.1 Å². The zero-order valence-corrected chi connectivity index (χ0v) is 18.7. The van der Waals surface area contributed by atoms with E-state index in [1.54, 1.807) is 26.1 Å². The first kappa shape index (κ1) is 22.2. The number of carbonyl (C=O) groups is 2. The van der Waals surface area contributed by atoms with Crippen molar-refractivity contribution in [1.82, 2.24) is 10.2 Å². The van der Waals surface area contributed by atoms with Crippen LogP contribution in [0.3, 0.4) is 0 Å². The minimum Gasteiger partial charge on any atom is -0.484 e. The standard InChI is InChI=1S/C21H24BrClN2O3/c1-13-9-18(10-14(2)20(13)23)28-12-19(26)25(15(3)21(27)24-4)11-16-5-7-17(22)8-6-16/h5-10,15H,11-12H2,1-4H3,(H,24,27)/t15-/m0/s1. The van der Waals surface area contributed by atoms with Gasteiger partial charge in [-0.15, -0.1) is 0 Å². The van der Waals surface area contributed by atoms with E-state index in [-0.39, 0.29) is 18.4 Å². The first-order valence-electron chi connectivity index (χ1n) is 8.88. The number of carbonyl (C=O) groups excluding carboxylic acids is 2. The fourth-order valence-corrected chi connectivity index (χ4v) is 3.17. The number of ether oxygens (including phenoxy) is 1. The fraction of sp³-hybridized carbons (Fsp3) is 0.333. The third-order valence-corrected chi connectivity index (χ3v) is 5.58. The van der Waals surface area contributed by atoms with Crippen LogP contribution in [0.25, 0.3) is 0 Å². The third kappa shape index (κ3) is 5.72. The Morgan fingerprint density at radius 2 is 1.75 bits per heavy atom. The third-order valence-electron chi connectivity index (χ3n) is 4.45. The molecule has 0 aliphatic carbocycles. The highest BCUT2D eigenvalue weighted by Crippen LogP contribution is 2.26. The smallest absolute Gasteiger partial charge is 0.261 e. The van der Waals surface area contributed by atoms with Crippen LogP contribution in [0.1, 0.15) is 23.6 Å². The highest BCUT2D eigenvalue weighted by molar-refractivity contribution is 9.10. The van der Waals surface area contributed by atoms with Crippen molar-refractivity contribution in [2.45, 2.75) is 33.4 Å². The lowest BCUT2D eigenvalue weighted by atomic mass is 10.1. The molecule has 0 aliphatic rings. The first-order valence-corrected chi connectivity index (χ1v) is 10.0. The van der Waals surface area contributed by atoms with Gasteiger partial charge >= 0.3 is 0 Å². The number of halogens is 2. The molecular weight excluding hydrogens is 444 g/mol. The van der Waals surface area contributed by atoms with Gasteiger partial charge in [-0.05, 0) is 61.7 Å². The maximum atomic E-state index is 12.9. The van der Waals surface area contributed by atoms with Crippen LogP contribution in [0.15, 0.2) is 40.9 Å². The van der Waals surface area contributed by atoms with Crippen LogP contribution in [0.4, 0.5) is 0 Å². The van der Waals surface area contributed by atoms with Gasteiger partial charge in [0.05, 0.1) is 0 Å². The largest absolute Gasteiger partial charge is 0.484 e. The van der Waals surface area contributed by atoms with Crippen LogP contribution in [-0.4, -0.2) is 36.4 Å². The Morgan fingerprint density at radius 1 is 1.18 bits per heavy atom. The number of hydrogen-bond acceptors (Lipinski definition) is 3. The number of rotatable bonds is 7. The van der Waals surface area contributed by atoms with Crippen LogP contribution in [0, 0.1) is 13.8 Å². The summed E-state index contributed by atoms with van der Waals surface area (Å²) in [6, 6.07) is 10.6. The lowest BCUT2D eigenvalue weighted by Gasteiger charge is -2.28. The quantitative estimate of drug-likeness (QED) is 0.662. The molecule has 28 heavy (non-hydrogen) atoms. The van der Waals surface area contributed by atoms with Crippen molar-refractivity contribution >= 4 is 39.3 Å². The Hall–Kier alpha value is -2.05. The van der Waals surface area contributed by atoms with Gasteiger partial charge in [-0.1, -0.05) is 39.7 Å². The molecule has 0 unspecified atom stereocenters. The average molecular weight is 468 g/mol. The second-order valence-corrected chi connectivity index (χ2v) is 7.89. The number of likely N-dealkylation sites (N-methyl/N-ethyl adjacent to an activating group) is 1. The minimum absolute atomic E-state index is 0.168. The van der Waals surface area contributed by atoms with Crippen LogP contribution < -0.4 is 10.1 Å². The van der Waals surface area contributed by atoms with Gasteiger partial charge in [0.2, 0.25) is 5.91 Å². The summed E-state index contributed by atoms with van der Waals surface area (Å²) in [5.41, 5.74) is 2.69. The van der Waals surface area contributed by atoms with Gasteiger partial charge in [-0.2, -0.15) is 0 Å². The van der Waals surface area contributed by atoms with Crippen LogP contribution >= 0.6 is 27.5 Å². The molecule has 1 atom stereocenters. The average Bonchev–Trinajstić information content (AvgIpc) is 2.68. The topological polar surface area (TPSA) is 58.6 Å². The fourth-order valence-electron chi connectivity index (χ4n) is 2.80. The Labute approximate surface area is 179 Å². The number of hydrogen-bond donors (Lipinski definition) is 1. The second kappa shape index (κ2) is 9.94. The van der Waals surface area contributed by atoms with E-state index >= 15 is 0 Å². The lowest BCUT2D eigenvalue weighted by Crippen LogP contribution is -2.48. The number of benzene rings is 2. The van der Waals surface area contributed by atoms with E-state index in [4.69, 9.17) is 16.3 Å². The van der Waals surface area contributed by atoms with Crippen molar-refractivity contribution in [1.29, 1.82) is 0 Å². The number of aryl methyl sites for hydroxylation is 2. The van der Waals surface area contributed by atoms with E-state index in [1.165, 1.54) is 4.90 Å². The molecule has 5 nitrogen and oxygen atoms in total. The molecule has 1 N–H and O–H groups in total. The maximum absolute atomic E-state index is 12.9. The van der Waals surface area contributed by atoms with Crippen molar-refractivity contribution in [2.24, 2.45) is 0 Å². The summed E-state index contributed by atoms with van der Waals surface area (Å²) < 4.78 is 6.65. The summed E-state index contributed by atoms with van der Waals surface area (Å²) in [5, 5.41) is 3.28. The van der Waals surface area contributed by atoms with Gasteiger partial charge in [0.25, 0.3) is 5.91 Å². The molecule has 0 fully saturated rings. The first-order chi connectivity index (χ1) is 13.2. The number of nitrogens with one attached hydrogen (secondary N) is 1. The summed E-state index contributed by atoms with van der Waals surface area (Å²) in [5.74, 6) is 0.0665. The van der Waals surface area contributed by atoms with Crippen LogP contribution in [0.5, 0.6) is 5.75 Å². The summed E-state index contributed by atoms with van der Waals surface area (Å²) in [6.45, 7) is 5.61. The van der Waals surface area contributed by atoms with Crippen molar-refractivity contribution < 1.29 is 14.3 Å². The Kier molecular flexibility index (Phi) is 7.89. The minimum atomic E-state index is -0.626. The van der Waals surface area contributed by atoms with Gasteiger partial charge in [-0.3, -0.25) is 9.59 Å². The summed E-state index contributed by atoms with van der Waals surface area (Å²) >= 11 is 9.58. The number of amides is 2. The highest BCUT2D eigenvalue weighted by atomic mass is 79.9. The molecule has 150 valence electrons. The normalized spacial score (nSPS) is 11.6. The lowest BCUT2D eigenvalue weighted by molar-refractivity contribution is -0.142. The molecule has 0 aromatic heterocycles. The molecular formula is C21H24BrClN2O3. The van der Waals surface area contributed by atoms with Gasteiger partial charge < -0.3 is 15.0 Å². The Morgan fingerprint density at radius 3 is 2.29 bits per heavy atom. The summed E-state index contributed by atoms with van der Waals surface area (Å²) in [6.07, 6.45) is 0. The molecule has 2 amide bonds. The molecule has 0 saturated heterocycles. The van der Waals surface area contributed by atoms with Gasteiger partial charge in [0.1, 0.15) is 11.8 Å². The van der Waals surface area contributed by atoms with E-state index in [0.717, 1.165) is 21.2 Å². The van der Waals surface area contributed by atoms with Crippen molar-refractivity contribution in [3.63, 3.8) is 0 Å². The molecule has 2 rings (SSSR count). The summed E-state index contributed by atoms with van der Waals surface area (Å²) in [7, 11) is 1.55. The van der Waals surface area contributed by atoms with Crippen molar-refractivity contribution in [2.75, 3.05) is 13.7 Å². The Balaban J connectivity index is 2.16. The predicted octanol–water partition coefficient (Wildman–Crippen LogP) is 4.26. The number of nitrogens with zero attached hydrogens (tertiary/aromatic N) is 1. The molecule has 0 radical (unpaired) electrons. The molecule has 0 bridgehead atoms. The SMILES string of the molecule is CNC(=O)[C@H](C)N(Cc1ccc(Br)cc1)C(=O)COc1cc(C)c(Cl)c(C)c1. The molecule has 7 heteroatoms. The van der Waals surface area contributed by atoms with Gasteiger partial charge in [0.15, 0.2) is 6.61 Å². The predicted molar refractivity (Wildman–Crippen MR) is 115 cm³/mol. The van der Waals surface area contributed by atoms with E-state index < -0.39 is 6.04 Å². The molecule has 2 aromatic rings. The zero-order chi connectivity index (χ0) is 20.8. The van der Waals surface area contributed by atoms with E-state index in [9.17, 15) is 9.59 Å². The Bertz CT molecular complexity index is 832. The second-order valence-electron chi connectivity index (χ2n) is 6.60. The maximum Gasteiger partial charge on any atom is 0.261 e. The van der Waals surface area contributed by atoms with Gasteiger partial charge in [0, 0.05) is 23.1 Å². The molecule has 0 spiro atoms. The molecule has 2 aromatic carbocycles. The molecule has 0 aliphatic heterocycles. The summed E-state index contributed by atoms with van der Waals surface area (Å²) in [4.78, 5) is 26.5. The van der Waals surface area contributed by atoms with Crippen molar-refractivity contribution in [3.05, 3.63) is 62.6 Å². The van der Waals surface area contributed by atoms with E-state index in [2.05, 4.69) is 21.2 Å². The monoisotopic (exact) mass is 466 g/mol. The zero-order valence-electron chi connectivity index (χ0n) is 16.4. The van der Waals surface area contributed by atoms with Crippen LogP contribution in [0.2, 0.25) is 5.02 Å². The van der Waals surface area contributed by atoms with Gasteiger partial charge in [-0.25, -0.2) is 0 Å². The van der Waals surface area contributed by atoms with Crippen molar-refractivity contribution in [3.8, 4) is 5.75 Å². The van der Waals surface area contributed by atoms with Crippen LogP contribution in [-0.2, 0) is 16.1 Å².